The minimum absolute atomic E-state index is 0.127. The van der Waals surface area contributed by atoms with Gasteiger partial charge in [0.15, 0.2) is 6.29 Å². The van der Waals surface area contributed by atoms with E-state index >= 15 is 0 Å². The van der Waals surface area contributed by atoms with E-state index in [9.17, 15) is 4.79 Å². The van der Waals surface area contributed by atoms with E-state index in [0.29, 0.717) is 17.9 Å². The molecule has 0 unspecified atom stereocenters. The first kappa shape index (κ1) is 13.3. The Balaban J connectivity index is 2.53. The van der Waals surface area contributed by atoms with Crippen molar-refractivity contribution >= 4 is 29.4 Å². The molecular formula is C13H12ClN3O2. The lowest BCUT2D eigenvalue weighted by Crippen LogP contribution is -2.15. The predicted octanol–water partition coefficient (Wildman–Crippen LogP) is 2.72. The summed E-state index contributed by atoms with van der Waals surface area (Å²) < 4.78 is 5.29. The number of rotatable bonds is 4. The van der Waals surface area contributed by atoms with Gasteiger partial charge >= 0.3 is 0 Å². The van der Waals surface area contributed by atoms with Crippen molar-refractivity contribution in [3.63, 3.8) is 0 Å². The first-order chi connectivity index (χ1) is 9.19. The highest BCUT2D eigenvalue weighted by molar-refractivity contribution is 6.32. The molecule has 0 radical (unpaired) electrons. The van der Waals surface area contributed by atoms with Gasteiger partial charge in [0, 0.05) is 7.05 Å². The summed E-state index contributed by atoms with van der Waals surface area (Å²) in [5.41, 5.74) is 1.03. The summed E-state index contributed by atoms with van der Waals surface area (Å²) in [6, 6.07) is 7.43. The van der Waals surface area contributed by atoms with Crippen molar-refractivity contribution in [3.8, 4) is 5.75 Å². The fourth-order valence-electron chi connectivity index (χ4n) is 1.76. The number of ether oxygens (including phenoxy) is 1. The van der Waals surface area contributed by atoms with Crippen LogP contribution in [-0.4, -0.2) is 30.4 Å². The Morgan fingerprint density at radius 3 is 2.74 bits per heavy atom. The molecule has 0 saturated carbocycles. The van der Waals surface area contributed by atoms with Gasteiger partial charge in [0.05, 0.1) is 18.4 Å². The molecule has 0 atom stereocenters. The van der Waals surface area contributed by atoms with Crippen LogP contribution in [0.1, 0.15) is 10.4 Å². The number of halogens is 1. The van der Waals surface area contributed by atoms with Crippen molar-refractivity contribution in [3.05, 3.63) is 41.3 Å². The quantitative estimate of drug-likeness (QED) is 0.635. The van der Waals surface area contributed by atoms with Gasteiger partial charge in [0.2, 0.25) is 0 Å². The van der Waals surface area contributed by atoms with E-state index in [0.717, 1.165) is 5.69 Å². The number of benzene rings is 1. The van der Waals surface area contributed by atoms with Crippen molar-refractivity contribution in [2.24, 2.45) is 0 Å². The molecule has 0 bridgehead atoms. The van der Waals surface area contributed by atoms with Gasteiger partial charge in [0.25, 0.3) is 0 Å². The molecule has 0 N–H and O–H groups in total. The number of methoxy groups -OCH3 is 1. The minimum Gasteiger partial charge on any atom is -0.495 e. The van der Waals surface area contributed by atoms with Crippen LogP contribution in [0.2, 0.25) is 5.15 Å². The van der Waals surface area contributed by atoms with Crippen LogP contribution >= 0.6 is 11.6 Å². The van der Waals surface area contributed by atoms with Crippen LogP contribution in [-0.2, 0) is 0 Å². The van der Waals surface area contributed by atoms with Gasteiger partial charge in [-0.3, -0.25) is 4.79 Å². The SMILES string of the molecule is COc1ccccc1N(C)c1ncnc(Cl)c1C=O. The molecule has 5 nitrogen and oxygen atoms in total. The second-order valence-corrected chi connectivity index (χ2v) is 4.11. The topological polar surface area (TPSA) is 55.3 Å². The van der Waals surface area contributed by atoms with Crippen molar-refractivity contribution in [1.82, 2.24) is 9.97 Å². The third-order valence-electron chi connectivity index (χ3n) is 2.70. The highest BCUT2D eigenvalue weighted by Crippen LogP contribution is 2.33. The fraction of sp³-hybridized carbons (Fsp3) is 0.154. The standard InChI is InChI=1S/C13H12ClN3O2/c1-17(10-5-3-4-6-11(10)19-2)13-9(7-18)12(14)15-8-16-13/h3-8H,1-2H3. The van der Waals surface area contributed by atoms with E-state index in [1.807, 2.05) is 24.3 Å². The van der Waals surface area contributed by atoms with Gasteiger partial charge < -0.3 is 9.64 Å². The lowest BCUT2D eigenvalue weighted by molar-refractivity contribution is 0.112. The first-order valence-corrected chi connectivity index (χ1v) is 5.89. The summed E-state index contributed by atoms with van der Waals surface area (Å²) in [5.74, 6) is 1.11. The Kier molecular flexibility index (Phi) is 3.97. The number of carbonyl (C=O) groups excluding carboxylic acids is 1. The third kappa shape index (κ3) is 2.51. The number of hydrogen-bond donors (Lipinski definition) is 0. The van der Waals surface area contributed by atoms with Crippen LogP contribution in [0, 0.1) is 0 Å². The number of para-hydroxylation sites is 2. The molecule has 0 aliphatic carbocycles. The average molecular weight is 278 g/mol. The number of carbonyl (C=O) groups is 1. The van der Waals surface area contributed by atoms with Gasteiger partial charge in [-0.2, -0.15) is 0 Å². The molecule has 0 saturated heterocycles. The van der Waals surface area contributed by atoms with Crippen LogP contribution < -0.4 is 9.64 Å². The number of aldehydes is 1. The van der Waals surface area contributed by atoms with Crippen molar-refractivity contribution in [2.75, 3.05) is 19.1 Å². The highest BCUT2D eigenvalue weighted by Gasteiger charge is 2.16. The van der Waals surface area contributed by atoms with Crippen LogP contribution in [0.4, 0.5) is 11.5 Å². The zero-order chi connectivity index (χ0) is 13.8. The second kappa shape index (κ2) is 5.67. The molecule has 2 aromatic rings. The summed E-state index contributed by atoms with van der Waals surface area (Å²) in [5, 5.41) is 0.127. The number of hydrogen-bond acceptors (Lipinski definition) is 5. The number of nitrogens with zero attached hydrogens (tertiary/aromatic N) is 3. The summed E-state index contributed by atoms with van der Waals surface area (Å²) in [7, 11) is 3.36. The summed E-state index contributed by atoms with van der Waals surface area (Å²) in [6.07, 6.45) is 1.96. The lowest BCUT2D eigenvalue weighted by atomic mass is 10.2. The lowest BCUT2D eigenvalue weighted by Gasteiger charge is -2.21. The Bertz CT molecular complexity index is 604. The van der Waals surface area contributed by atoms with Gasteiger partial charge in [-0.25, -0.2) is 9.97 Å². The van der Waals surface area contributed by atoms with Gasteiger partial charge in [-0.05, 0) is 12.1 Å². The molecule has 1 aromatic carbocycles. The van der Waals surface area contributed by atoms with Gasteiger partial charge in [-0.1, -0.05) is 23.7 Å². The fourth-order valence-corrected chi connectivity index (χ4v) is 1.93. The van der Waals surface area contributed by atoms with Crippen molar-refractivity contribution < 1.29 is 9.53 Å². The summed E-state index contributed by atoms with van der Waals surface area (Å²) >= 11 is 5.89. The van der Waals surface area contributed by atoms with Crippen molar-refractivity contribution in [2.45, 2.75) is 0 Å². The van der Waals surface area contributed by atoms with Crippen LogP contribution in [0.5, 0.6) is 5.75 Å². The molecule has 0 amide bonds. The van der Waals surface area contributed by atoms with E-state index in [1.165, 1.54) is 6.33 Å². The Hall–Kier alpha value is -2.14. The monoisotopic (exact) mass is 277 g/mol. The second-order valence-electron chi connectivity index (χ2n) is 3.75. The highest BCUT2D eigenvalue weighted by atomic mass is 35.5. The van der Waals surface area contributed by atoms with Crippen molar-refractivity contribution in [1.29, 1.82) is 0 Å². The molecular weight excluding hydrogens is 266 g/mol. The first-order valence-electron chi connectivity index (χ1n) is 5.51. The van der Waals surface area contributed by atoms with Gasteiger partial charge in [-0.15, -0.1) is 0 Å². The molecule has 0 aliphatic rings. The van der Waals surface area contributed by atoms with E-state index in [-0.39, 0.29) is 10.7 Å². The molecule has 19 heavy (non-hydrogen) atoms. The predicted molar refractivity (Wildman–Crippen MR) is 73.5 cm³/mol. The van der Waals surface area contributed by atoms with E-state index in [2.05, 4.69) is 9.97 Å². The zero-order valence-corrected chi connectivity index (χ0v) is 11.3. The van der Waals surface area contributed by atoms with E-state index < -0.39 is 0 Å². The van der Waals surface area contributed by atoms with Crippen LogP contribution in [0.25, 0.3) is 0 Å². The molecule has 6 heteroatoms. The van der Waals surface area contributed by atoms with E-state index in [1.54, 1.807) is 19.1 Å². The molecule has 1 heterocycles. The third-order valence-corrected chi connectivity index (χ3v) is 3.00. The van der Waals surface area contributed by atoms with E-state index in [4.69, 9.17) is 16.3 Å². The Morgan fingerprint density at radius 2 is 2.05 bits per heavy atom. The largest absolute Gasteiger partial charge is 0.495 e. The molecule has 98 valence electrons. The minimum atomic E-state index is 0.127. The number of anilines is 2. The maximum Gasteiger partial charge on any atom is 0.156 e. The van der Waals surface area contributed by atoms with Crippen LogP contribution in [0.3, 0.4) is 0 Å². The summed E-state index contributed by atoms with van der Waals surface area (Å²) in [6.45, 7) is 0. The summed E-state index contributed by atoms with van der Waals surface area (Å²) in [4.78, 5) is 20.7. The Morgan fingerprint density at radius 1 is 1.32 bits per heavy atom. The Labute approximate surface area is 115 Å². The normalized spacial score (nSPS) is 10.1. The maximum atomic E-state index is 11.1. The number of aromatic nitrogens is 2. The molecule has 0 fully saturated rings. The molecule has 0 spiro atoms. The molecule has 0 aliphatic heterocycles. The maximum absolute atomic E-state index is 11.1. The van der Waals surface area contributed by atoms with Gasteiger partial charge in [0.1, 0.15) is 23.0 Å². The zero-order valence-electron chi connectivity index (χ0n) is 10.5. The molecule has 2 rings (SSSR count). The average Bonchev–Trinajstić information content (AvgIpc) is 2.46. The smallest absolute Gasteiger partial charge is 0.156 e. The van der Waals surface area contributed by atoms with Crippen LogP contribution in [0.15, 0.2) is 30.6 Å². The molecule has 1 aromatic heterocycles.